The standard InChI is InChI=1S/C11H16N4O2/c1-2-3-4-5-6-15-9-8(12-7-13-9)10(16)14-11(15)17/h7H,2-6H2,1H3,(H,12,13)(H,14,16,17). The molecule has 0 aliphatic heterocycles. The maximum atomic E-state index is 11.7. The first kappa shape index (κ1) is 11.6. The minimum atomic E-state index is -0.410. The normalized spacial score (nSPS) is 11.1. The van der Waals surface area contributed by atoms with E-state index in [0.29, 0.717) is 17.7 Å². The second-order valence-electron chi connectivity index (χ2n) is 4.07. The van der Waals surface area contributed by atoms with Gasteiger partial charge in [-0.2, -0.15) is 0 Å². The smallest absolute Gasteiger partial charge is 0.330 e. The monoisotopic (exact) mass is 236 g/mol. The minimum Gasteiger partial charge on any atom is -0.339 e. The summed E-state index contributed by atoms with van der Waals surface area (Å²) < 4.78 is 1.52. The third kappa shape index (κ3) is 2.30. The fourth-order valence-electron chi connectivity index (χ4n) is 1.89. The molecule has 0 aromatic carbocycles. The molecule has 2 N–H and O–H groups in total. The van der Waals surface area contributed by atoms with Gasteiger partial charge in [-0.25, -0.2) is 9.78 Å². The molecule has 0 atom stereocenters. The Morgan fingerprint density at radius 3 is 2.88 bits per heavy atom. The highest BCUT2D eigenvalue weighted by Gasteiger charge is 2.08. The fraction of sp³-hybridized carbons (Fsp3) is 0.545. The van der Waals surface area contributed by atoms with E-state index in [2.05, 4.69) is 21.9 Å². The van der Waals surface area contributed by atoms with Crippen LogP contribution in [0.1, 0.15) is 32.6 Å². The Morgan fingerprint density at radius 1 is 1.29 bits per heavy atom. The summed E-state index contributed by atoms with van der Waals surface area (Å²) in [6, 6.07) is 0. The van der Waals surface area contributed by atoms with Gasteiger partial charge in [-0.1, -0.05) is 26.2 Å². The van der Waals surface area contributed by atoms with Crippen molar-refractivity contribution in [1.29, 1.82) is 0 Å². The highest BCUT2D eigenvalue weighted by Crippen LogP contribution is 2.04. The average molecular weight is 236 g/mol. The van der Waals surface area contributed by atoms with E-state index in [1.165, 1.54) is 10.9 Å². The second kappa shape index (κ2) is 4.99. The van der Waals surface area contributed by atoms with E-state index >= 15 is 0 Å². The van der Waals surface area contributed by atoms with Crippen molar-refractivity contribution in [1.82, 2.24) is 19.5 Å². The van der Waals surface area contributed by atoms with E-state index in [1.807, 2.05) is 0 Å². The molecule has 17 heavy (non-hydrogen) atoms. The Labute approximate surface area is 97.7 Å². The molecule has 2 aromatic heterocycles. The largest absolute Gasteiger partial charge is 0.339 e. The lowest BCUT2D eigenvalue weighted by molar-refractivity contribution is 0.572. The molecule has 0 amide bonds. The molecule has 0 fully saturated rings. The van der Waals surface area contributed by atoms with E-state index in [0.717, 1.165) is 25.7 Å². The van der Waals surface area contributed by atoms with Gasteiger partial charge >= 0.3 is 5.69 Å². The molecule has 0 saturated heterocycles. The quantitative estimate of drug-likeness (QED) is 0.759. The maximum Gasteiger partial charge on any atom is 0.330 e. The molecule has 0 aliphatic rings. The zero-order chi connectivity index (χ0) is 12.3. The summed E-state index contributed by atoms with van der Waals surface area (Å²) in [6.45, 7) is 2.73. The first-order valence-electron chi connectivity index (χ1n) is 5.90. The molecule has 92 valence electrons. The van der Waals surface area contributed by atoms with Crippen LogP contribution in [0.2, 0.25) is 0 Å². The SMILES string of the molecule is CCCCCCn1c(=O)[nH]c(=O)c2[nH]cnc21. The number of fused-ring (bicyclic) bond motifs is 1. The van der Waals surface area contributed by atoms with Crippen LogP contribution in [0.25, 0.3) is 11.2 Å². The predicted octanol–water partition coefficient (Wildman–Crippen LogP) is 0.993. The van der Waals surface area contributed by atoms with E-state index in [9.17, 15) is 9.59 Å². The van der Waals surface area contributed by atoms with E-state index < -0.39 is 5.56 Å². The van der Waals surface area contributed by atoms with Gasteiger partial charge < -0.3 is 4.98 Å². The Hall–Kier alpha value is -1.85. The first-order valence-corrected chi connectivity index (χ1v) is 5.90. The van der Waals surface area contributed by atoms with Crippen molar-refractivity contribution >= 4 is 11.2 Å². The molecule has 0 saturated carbocycles. The van der Waals surface area contributed by atoms with Crippen molar-refractivity contribution < 1.29 is 0 Å². The van der Waals surface area contributed by atoms with Crippen molar-refractivity contribution in [2.24, 2.45) is 0 Å². The fourth-order valence-corrected chi connectivity index (χ4v) is 1.89. The molecular formula is C11H16N4O2. The van der Waals surface area contributed by atoms with Crippen molar-refractivity contribution in [2.45, 2.75) is 39.2 Å². The second-order valence-corrected chi connectivity index (χ2v) is 4.07. The van der Waals surface area contributed by atoms with Crippen LogP contribution < -0.4 is 11.2 Å². The Bertz CT molecular complexity index is 608. The number of aryl methyl sites for hydroxylation is 1. The summed E-state index contributed by atoms with van der Waals surface area (Å²) in [6.07, 6.45) is 5.73. The molecule has 2 rings (SSSR count). The lowest BCUT2D eigenvalue weighted by atomic mass is 10.2. The van der Waals surface area contributed by atoms with Crippen LogP contribution in [-0.2, 0) is 6.54 Å². The third-order valence-corrected chi connectivity index (χ3v) is 2.80. The summed E-state index contributed by atoms with van der Waals surface area (Å²) in [5.74, 6) is 0. The molecule has 6 heteroatoms. The average Bonchev–Trinajstić information content (AvgIpc) is 2.77. The van der Waals surface area contributed by atoms with Gasteiger partial charge in [0.25, 0.3) is 5.56 Å². The number of unbranched alkanes of at least 4 members (excludes halogenated alkanes) is 3. The van der Waals surface area contributed by atoms with E-state index in [1.54, 1.807) is 0 Å². The van der Waals surface area contributed by atoms with Crippen molar-refractivity contribution in [3.05, 3.63) is 27.2 Å². The van der Waals surface area contributed by atoms with Crippen molar-refractivity contribution in [3.63, 3.8) is 0 Å². The van der Waals surface area contributed by atoms with Gasteiger partial charge in [-0.05, 0) is 6.42 Å². The zero-order valence-corrected chi connectivity index (χ0v) is 9.82. The molecule has 2 aromatic rings. The number of aromatic amines is 2. The number of hydrogen-bond donors (Lipinski definition) is 2. The molecule has 6 nitrogen and oxygen atoms in total. The van der Waals surface area contributed by atoms with Crippen LogP contribution >= 0.6 is 0 Å². The van der Waals surface area contributed by atoms with Gasteiger partial charge in [0.15, 0.2) is 5.65 Å². The van der Waals surface area contributed by atoms with Crippen LogP contribution in [0.4, 0.5) is 0 Å². The number of aromatic nitrogens is 4. The van der Waals surface area contributed by atoms with Crippen LogP contribution in [0.5, 0.6) is 0 Å². The highest BCUT2D eigenvalue weighted by molar-refractivity contribution is 5.68. The van der Waals surface area contributed by atoms with Crippen LogP contribution in [0.3, 0.4) is 0 Å². The summed E-state index contributed by atoms with van der Waals surface area (Å²) in [4.78, 5) is 32.2. The molecular weight excluding hydrogens is 220 g/mol. The Morgan fingerprint density at radius 2 is 2.12 bits per heavy atom. The van der Waals surface area contributed by atoms with Crippen LogP contribution in [0.15, 0.2) is 15.9 Å². The number of hydrogen-bond acceptors (Lipinski definition) is 3. The van der Waals surface area contributed by atoms with Crippen LogP contribution in [-0.4, -0.2) is 19.5 Å². The van der Waals surface area contributed by atoms with Gasteiger partial charge in [0.05, 0.1) is 6.33 Å². The lowest BCUT2D eigenvalue weighted by Crippen LogP contribution is -2.30. The highest BCUT2D eigenvalue weighted by atomic mass is 16.2. The molecule has 0 spiro atoms. The summed E-state index contributed by atoms with van der Waals surface area (Å²) in [5.41, 5.74) is 0.00810. The molecule has 0 bridgehead atoms. The molecule has 0 unspecified atom stereocenters. The minimum absolute atomic E-state index is 0.361. The molecule has 0 radical (unpaired) electrons. The number of nitrogens with one attached hydrogen (secondary N) is 2. The number of imidazole rings is 1. The lowest BCUT2D eigenvalue weighted by Gasteiger charge is -2.05. The summed E-state index contributed by atoms with van der Waals surface area (Å²) in [5, 5.41) is 0. The number of nitrogens with zero attached hydrogens (tertiary/aromatic N) is 2. The van der Waals surface area contributed by atoms with Gasteiger partial charge in [-0.15, -0.1) is 0 Å². The molecule has 2 heterocycles. The van der Waals surface area contributed by atoms with Gasteiger partial charge in [0.1, 0.15) is 5.52 Å². The number of H-pyrrole nitrogens is 2. The predicted molar refractivity (Wildman–Crippen MR) is 65.1 cm³/mol. The van der Waals surface area contributed by atoms with Crippen molar-refractivity contribution in [2.75, 3.05) is 0 Å². The van der Waals surface area contributed by atoms with E-state index in [4.69, 9.17) is 0 Å². The maximum absolute atomic E-state index is 11.7. The van der Waals surface area contributed by atoms with Gasteiger partial charge in [-0.3, -0.25) is 14.3 Å². The first-order chi connectivity index (χ1) is 8.24. The number of rotatable bonds is 5. The zero-order valence-electron chi connectivity index (χ0n) is 9.82. The van der Waals surface area contributed by atoms with Gasteiger partial charge in [0.2, 0.25) is 0 Å². The van der Waals surface area contributed by atoms with E-state index in [-0.39, 0.29) is 5.69 Å². The Balaban J connectivity index is 2.30. The topological polar surface area (TPSA) is 83.5 Å². The molecule has 0 aliphatic carbocycles. The summed E-state index contributed by atoms with van der Waals surface area (Å²) in [7, 11) is 0. The van der Waals surface area contributed by atoms with Crippen molar-refractivity contribution in [3.8, 4) is 0 Å². The third-order valence-electron chi connectivity index (χ3n) is 2.80. The summed E-state index contributed by atoms with van der Waals surface area (Å²) >= 11 is 0. The van der Waals surface area contributed by atoms with Crippen LogP contribution in [0, 0.1) is 0 Å². The van der Waals surface area contributed by atoms with Gasteiger partial charge in [0, 0.05) is 6.54 Å². The Kier molecular flexibility index (Phi) is 3.41.